The number of nitrogens with zero attached hydrogens (tertiary/aromatic N) is 4. The van der Waals surface area contributed by atoms with Crippen molar-refractivity contribution in [3.63, 3.8) is 0 Å². The van der Waals surface area contributed by atoms with Gasteiger partial charge in [0.1, 0.15) is 5.82 Å². The molecule has 0 saturated carbocycles. The van der Waals surface area contributed by atoms with Crippen LogP contribution in [-0.2, 0) is 24.3 Å². The second-order valence-electron chi connectivity index (χ2n) is 4.91. The van der Waals surface area contributed by atoms with Crippen molar-refractivity contribution in [1.82, 2.24) is 25.0 Å². The maximum absolute atomic E-state index is 11.9. The zero-order valence-corrected chi connectivity index (χ0v) is 12.7. The van der Waals surface area contributed by atoms with Crippen LogP contribution in [0.2, 0.25) is 0 Å². The summed E-state index contributed by atoms with van der Waals surface area (Å²) in [6.45, 7) is 2.85. The van der Waals surface area contributed by atoms with E-state index in [1.54, 1.807) is 18.3 Å². The summed E-state index contributed by atoms with van der Waals surface area (Å²) in [5.74, 6) is 2.10. The summed E-state index contributed by atoms with van der Waals surface area (Å²) in [6, 6.07) is 3.47. The maximum atomic E-state index is 11.9. The van der Waals surface area contributed by atoms with Gasteiger partial charge < -0.3 is 18.8 Å². The quantitative estimate of drug-likeness (QED) is 0.713. The minimum atomic E-state index is -0.0786. The molecule has 3 aromatic rings. The fourth-order valence-electron chi connectivity index (χ4n) is 2.17. The summed E-state index contributed by atoms with van der Waals surface area (Å²) in [5, 5.41) is 6.57. The number of hydrogen-bond donors (Lipinski definition) is 1. The van der Waals surface area contributed by atoms with Gasteiger partial charge in [0.05, 0.1) is 12.8 Å². The van der Waals surface area contributed by atoms with E-state index in [0.717, 1.165) is 12.2 Å². The Morgan fingerprint density at radius 3 is 3.13 bits per heavy atom. The number of imidazole rings is 1. The van der Waals surface area contributed by atoms with Crippen LogP contribution in [-0.4, -0.2) is 25.6 Å². The second-order valence-corrected chi connectivity index (χ2v) is 4.91. The predicted molar refractivity (Wildman–Crippen MR) is 80.1 cm³/mol. The van der Waals surface area contributed by atoms with Gasteiger partial charge in [0, 0.05) is 31.8 Å². The molecule has 0 aliphatic carbocycles. The van der Waals surface area contributed by atoms with Crippen LogP contribution in [0.3, 0.4) is 0 Å². The molecule has 0 saturated heterocycles. The highest BCUT2D eigenvalue weighted by Gasteiger charge is 2.12. The van der Waals surface area contributed by atoms with Crippen molar-refractivity contribution in [2.24, 2.45) is 0 Å². The van der Waals surface area contributed by atoms with Crippen LogP contribution in [0.5, 0.6) is 0 Å². The molecule has 0 unspecified atom stereocenters. The number of aryl methyl sites for hydroxylation is 2. The van der Waals surface area contributed by atoms with E-state index in [1.165, 1.54) is 6.26 Å². The maximum Gasteiger partial charge on any atom is 0.293 e. The van der Waals surface area contributed by atoms with Crippen molar-refractivity contribution in [3.05, 3.63) is 42.4 Å². The van der Waals surface area contributed by atoms with E-state index in [2.05, 4.69) is 20.4 Å². The summed E-state index contributed by atoms with van der Waals surface area (Å²) in [6.07, 6.45) is 6.36. The number of aromatic nitrogens is 4. The molecule has 0 bridgehead atoms. The van der Waals surface area contributed by atoms with Crippen LogP contribution in [0.4, 0.5) is 0 Å². The lowest BCUT2D eigenvalue weighted by Gasteiger charge is -2.06. The van der Waals surface area contributed by atoms with Crippen LogP contribution >= 0.6 is 0 Å². The van der Waals surface area contributed by atoms with E-state index in [1.807, 2.05) is 17.7 Å². The summed E-state index contributed by atoms with van der Waals surface area (Å²) < 4.78 is 12.2. The molecule has 1 amide bonds. The Morgan fingerprint density at radius 2 is 2.35 bits per heavy atom. The van der Waals surface area contributed by atoms with Crippen molar-refractivity contribution < 1.29 is 13.7 Å². The number of carbonyl (C=O) groups is 1. The Labute approximate surface area is 132 Å². The fourth-order valence-corrected chi connectivity index (χ4v) is 2.17. The number of nitrogens with one attached hydrogen (secondary N) is 1. The fraction of sp³-hybridized carbons (Fsp3) is 0.333. The summed E-state index contributed by atoms with van der Waals surface area (Å²) >= 11 is 0. The van der Waals surface area contributed by atoms with Crippen LogP contribution in [0.15, 0.2) is 39.7 Å². The van der Waals surface area contributed by atoms with Crippen molar-refractivity contribution in [3.8, 4) is 11.7 Å². The van der Waals surface area contributed by atoms with Gasteiger partial charge in [-0.15, -0.1) is 0 Å². The van der Waals surface area contributed by atoms with Gasteiger partial charge in [-0.25, -0.2) is 4.98 Å². The van der Waals surface area contributed by atoms with Gasteiger partial charge in [0.25, 0.3) is 5.89 Å². The average molecular weight is 315 g/mol. The molecular weight excluding hydrogens is 298 g/mol. The molecule has 3 rings (SSSR count). The third-order valence-corrected chi connectivity index (χ3v) is 3.34. The Morgan fingerprint density at radius 1 is 1.43 bits per heavy atom. The third-order valence-electron chi connectivity index (χ3n) is 3.34. The first-order chi connectivity index (χ1) is 11.3. The molecule has 0 aromatic carbocycles. The smallest absolute Gasteiger partial charge is 0.293 e. The molecule has 120 valence electrons. The number of rotatable bonds is 7. The number of furan rings is 1. The first-order valence-corrected chi connectivity index (χ1v) is 7.39. The monoisotopic (exact) mass is 315 g/mol. The summed E-state index contributed by atoms with van der Waals surface area (Å²) in [5.41, 5.74) is 0. The summed E-state index contributed by atoms with van der Waals surface area (Å²) in [7, 11) is 0. The van der Waals surface area contributed by atoms with Gasteiger partial charge in [-0.05, 0) is 12.1 Å². The Balaban J connectivity index is 1.47. The van der Waals surface area contributed by atoms with E-state index >= 15 is 0 Å². The van der Waals surface area contributed by atoms with Gasteiger partial charge in [-0.3, -0.25) is 4.79 Å². The van der Waals surface area contributed by atoms with E-state index in [-0.39, 0.29) is 12.5 Å². The van der Waals surface area contributed by atoms with Crippen molar-refractivity contribution in [1.29, 1.82) is 0 Å². The van der Waals surface area contributed by atoms with E-state index in [4.69, 9.17) is 8.94 Å². The number of carbonyl (C=O) groups excluding carboxylic acids is 1. The van der Waals surface area contributed by atoms with E-state index < -0.39 is 0 Å². The van der Waals surface area contributed by atoms with E-state index in [0.29, 0.717) is 30.4 Å². The second kappa shape index (κ2) is 6.91. The normalized spacial score (nSPS) is 10.8. The first kappa shape index (κ1) is 15.0. The molecule has 0 aliphatic rings. The van der Waals surface area contributed by atoms with Crippen LogP contribution < -0.4 is 5.32 Å². The zero-order valence-electron chi connectivity index (χ0n) is 12.7. The Bertz CT molecular complexity index is 760. The number of amides is 1. The molecule has 0 fully saturated rings. The molecule has 3 heterocycles. The standard InChI is InChI=1S/C15H17N5O3/c1-2-13-16-6-8-20(13)7-5-14(21)17-10-12-18-15(23-19-12)11-4-3-9-22-11/h3-4,6,8-9H,2,5,7,10H2,1H3,(H,17,21). The highest BCUT2D eigenvalue weighted by Crippen LogP contribution is 2.16. The highest BCUT2D eigenvalue weighted by molar-refractivity contribution is 5.75. The molecule has 8 nitrogen and oxygen atoms in total. The highest BCUT2D eigenvalue weighted by atomic mass is 16.5. The molecule has 0 atom stereocenters. The van der Waals surface area contributed by atoms with Crippen molar-refractivity contribution >= 4 is 5.91 Å². The van der Waals surface area contributed by atoms with E-state index in [9.17, 15) is 4.79 Å². The molecule has 0 radical (unpaired) electrons. The largest absolute Gasteiger partial charge is 0.459 e. The minimum Gasteiger partial charge on any atom is -0.459 e. The molecule has 0 spiro atoms. The summed E-state index contributed by atoms with van der Waals surface area (Å²) in [4.78, 5) is 20.3. The third kappa shape index (κ3) is 3.65. The first-order valence-electron chi connectivity index (χ1n) is 7.39. The Kier molecular flexibility index (Phi) is 4.51. The van der Waals surface area contributed by atoms with Crippen LogP contribution in [0.25, 0.3) is 11.7 Å². The lowest BCUT2D eigenvalue weighted by molar-refractivity contribution is -0.121. The SMILES string of the molecule is CCc1nccn1CCC(=O)NCc1noc(-c2ccco2)n1. The number of hydrogen-bond acceptors (Lipinski definition) is 6. The lowest BCUT2D eigenvalue weighted by atomic mass is 10.3. The topological polar surface area (TPSA) is 99.0 Å². The molecule has 3 aromatic heterocycles. The Hall–Kier alpha value is -2.90. The van der Waals surface area contributed by atoms with Crippen LogP contribution in [0.1, 0.15) is 25.0 Å². The predicted octanol–water partition coefficient (Wildman–Crippen LogP) is 1.79. The van der Waals surface area contributed by atoms with Crippen molar-refractivity contribution in [2.45, 2.75) is 32.9 Å². The minimum absolute atomic E-state index is 0.0786. The molecular formula is C15H17N5O3. The molecule has 23 heavy (non-hydrogen) atoms. The average Bonchev–Trinajstić information content (AvgIpc) is 3.31. The van der Waals surface area contributed by atoms with Gasteiger partial charge in [-0.2, -0.15) is 4.98 Å². The van der Waals surface area contributed by atoms with Gasteiger partial charge >= 0.3 is 0 Å². The van der Waals surface area contributed by atoms with Gasteiger partial charge in [-0.1, -0.05) is 12.1 Å². The lowest BCUT2D eigenvalue weighted by Crippen LogP contribution is -2.24. The molecule has 1 N–H and O–H groups in total. The van der Waals surface area contributed by atoms with Gasteiger partial charge in [0.2, 0.25) is 5.91 Å². The van der Waals surface area contributed by atoms with Crippen molar-refractivity contribution in [2.75, 3.05) is 0 Å². The van der Waals surface area contributed by atoms with Crippen LogP contribution in [0, 0.1) is 0 Å². The van der Waals surface area contributed by atoms with Gasteiger partial charge in [0.15, 0.2) is 11.6 Å². The molecule has 8 heteroatoms. The zero-order chi connectivity index (χ0) is 16.1. The molecule has 0 aliphatic heterocycles.